The zero-order chi connectivity index (χ0) is 16.2. The van der Waals surface area contributed by atoms with E-state index in [4.69, 9.17) is 26.8 Å². The van der Waals surface area contributed by atoms with Crippen LogP contribution in [0.2, 0.25) is 5.02 Å². The van der Waals surface area contributed by atoms with Gasteiger partial charge in [0.1, 0.15) is 13.2 Å². The average molecular weight is 339 g/mol. The molecule has 5 nitrogen and oxygen atoms in total. The number of benzene rings is 1. The minimum Gasteiger partial charge on any atom is -0.486 e. The van der Waals surface area contributed by atoms with Gasteiger partial charge < -0.3 is 20.5 Å². The van der Waals surface area contributed by atoms with E-state index in [1.54, 1.807) is 0 Å². The lowest BCUT2D eigenvalue weighted by Gasteiger charge is -2.25. The van der Waals surface area contributed by atoms with Crippen molar-refractivity contribution >= 4 is 17.5 Å². The van der Waals surface area contributed by atoms with Crippen LogP contribution in [0.25, 0.3) is 0 Å². The number of amides is 1. The number of nitrogens with one attached hydrogen (secondary N) is 1. The molecule has 0 radical (unpaired) electrons. The van der Waals surface area contributed by atoms with Crippen molar-refractivity contribution in [1.82, 2.24) is 5.32 Å². The number of hydrogen-bond donors (Lipinski definition) is 2. The highest BCUT2D eigenvalue weighted by Crippen LogP contribution is 2.38. The van der Waals surface area contributed by atoms with E-state index in [2.05, 4.69) is 5.32 Å². The summed E-state index contributed by atoms with van der Waals surface area (Å²) in [6.45, 7) is 1.64. The molecule has 3 N–H and O–H groups in total. The predicted octanol–water partition coefficient (Wildman–Crippen LogP) is 2.29. The third kappa shape index (κ3) is 4.09. The van der Waals surface area contributed by atoms with Crippen LogP contribution in [-0.2, 0) is 11.2 Å². The second-order valence-electron chi connectivity index (χ2n) is 6.27. The van der Waals surface area contributed by atoms with E-state index >= 15 is 0 Å². The molecule has 3 rings (SSSR count). The Bertz CT molecular complexity index is 579. The van der Waals surface area contributed by atoms with Gasteiger partial charge in [-0.1, -0.05) is 18.0 Å². The number of hydrogen-bond acceptors (Lipinski definition) is 4. The van der Waals surface area contributed by atoms with Crippen LogP contribution in [0.4, 0.5) is 0 Å². The molecule has 1 aliphatic carbocycles. The van der Waals surface area contributed by atoms with E-state index < -0.39 is 0 Å². The SMILES string of the molecule is NC1CCCC(C(=O)NCCc2cc(Cl)c3c(c2)OCCO3)C1. The lowest BCUT2D eigenvalue weighted by molar-refractivity contribution is -0.126. The fourth-order valence-corrected chi connectivity index (χ4v) is 3.54. The van der Waals surface area contributed by atoms with Gasteiger partial charge in [-0.25, -0.2) is 0 Å². The van der Waals surface area contributed by atoms with Gasteiger partial charge in [0, 0.05) is 18.5 Å². The van der Waals surface area contributed by atoms with Crippen molar-refractivity contribution in [3.8, 4) is 11.5 Å². The largest absolute Gasteiger partial charge is 0.486 e. The number of fused-ring (bicyclic) bond motifs is 1. The second kappa shape index (κ2) is 7.41. The summed E-state index contributed by atoms with van der Waals surface area (Å²) in [6, 6.07) is 3.97. The van der Waals surface area contributed by atoms with Gasteiger partial charge >= 0.3 is 0 Å². The molecule has 1 heterocycles. The van der Waals surface area contributed by atoms with Crippen molar-refractivity contribution in [1.29, 1.82) is 0 Å². The van der Waals surface area contributed by atoms with Crippen LogP contribution < -0.4 is 20.5 Å². The van der Waals surface area contributed by atoms with Gasteiger partial charge in [-0.3, -0.25) is 4.79 Å². The van der Waals surface area contributed by atoms with Gasteiger partial charge in [-0.05, 0) is 43.4 Å². The van der Waals surface area contributed by atoms with Crippen molar-refractivity contribution in [2.24, 2.45) is 11.7 Å². The summed E-state index contributed by atoms with van der Waals surface area (Å²) in [7, 11) is 0. The fourth-order valence-electron chi connectivity index (χ4n) is 3.25. The minimum absolute atomic E-state index is 0.0580. The van der Waals surface area contributed by atoms with E-state index in [9.17, 15) is 4.79 Å². The topological polar surface area (TPSA) is 73.6 Å². The smallest absolute Gasteiger partial charge is 0.223 e. The molecule has 6 heteroatoms. The maximum atomic E-state index is 12.2. The Morgan fingerprint density at radius 3 is 2.96 bits per heavy atom. The molecule has 2 aliphatic rings. The van der Waals surface area contributed by atoms with Crippen molar-refractivity contribution < 1.29 is 14.3 Å². The Morgan fingerprint density at radius 2 is 2.13 bits per heavy atom. The van der Waals surface area contributed by atoms with E-state index in [-0.39, 0.29) is 17.9 Å². The van der Waals surface area contributed by atoms with Gasteiger partial charge in [0.2, 0.25) is 5.91 Å². The summed E-state index contributed by atoms with van der Waals surface area (Å²) in [5.74, 6) is 1.47. The summed E-state index contributed by atoms with van der Waals surface area (Å²) < 4.78 is 11.1. The zero-order valence-corrected chi connectivity index (χ0v) is 13.9. The molecule has 0 bridgehead atoms. The molecule has 126 valence electrons. The number of halogens is 1. The van der Waals surface area contributed by atoms with Gasteiger partial charge in [0.15, 0.2) is 11.5 Å². The first-order valence-corrected chi connectivity index (χ1v) is 8.62. The lowest BCUT2D eigenvalue weighted by Crippen LogP contribution is -2.38. The molecule has 0 aromatic heterocycles. The molecule has 1 amide bonds. The molecule has 0 saturated heterocycles. The van der Waals surface area contributed by atoms with E-state index in [0.717, 1.165) is 31.2 Å². The summed E-state index contributed by atoms with van der Waals surface area (Å²) in [4.78, 5) is 12.2. The third-order valence-corrected chi connectivity index (χ3v) is 4.74. The molecule has 2 unspecified atom stereocenters. The predicted molar refractivity (Wildman–Crippen MR) is 89.1 cm³/mol. The molecule has 1 aromatic rings. The number of carbonyl (C=O) groups excluding carboxylic acids is 1. The zero-order valence-electron chi connectivity index (χ0n) is 13.1. The van der Waals surface area contributed by atoms with Crippen LogP contribution in [0, 0.1) is 5.92 Å². The monoisotopic (exact) mass is 338 g/mol. The minimum atomic E-state index is 0.0580. The lowest BCUT2D eigenvalue weighted by atomic mass is 9.85. The summed E-state index contributed by atoms with van der Waals surface area (Å²) in [6.07, 6.45) is 4.51. The van der Waals surface area contributed by atoms with Gasteiger partial charge in [-0.2, -0.15) is 0 Å². The van der Waals surface area contributed by atoms with Crippen LogP contribution >= 0.6 is 11.6 Å². The fraction of sp³-hybridized carbons (Fsp3) is 0.588. The van der Waals surface area contributed by atoms with E-state index in [1.807, 2.05) is 12.1 Å². The maximum Gasteiger partial charge on any atom is 0.223 e. The van der Waals surface area contributed by atoms with Crippen molar-refractivity contribution in [3.05, 3.63) is 22.7 Å². The molecule has 2 atom stereocenters. The Hall–Kier alpha value is -1.46. The quantitative estimate of drug-likeness (QED) is 0.883. The normalized spacial score (nSPS) is 23.4. The highest BCUT2D eigenvalue weighted by molar-refractivity contribution is 6.32. The van der Waals surface area contributed by atoms with E-state index in [1.165, 1.54) is 0 Å². The Balaban J connectivity index is 1.52. The average Bonchev–Trinajstić information content (AvgIpc) is 2.55. The van der Waals surface area contributed by atoms with Gasteiger partial charge in [0.25, 0.3) is 0 Å². The Labute approximate surface area is 141 Å². The Kier molecular flexibility index (Phi) is 5.28. The van der Waals surface area contributed by atoms with E-state index in [0.29, 0.717) is 42.7 Å². The van der Waals surface area contributed by atoms with Gasteiger partial charge in [-0.15, -0.1) is 0 Å². The Morgan fingerprint density at radius 1 is 1.30 bits per heavy atom. The van der Waals surface area contributed by atoms with Crippen molar-refractivity contribution in [2.75, 3.05) is 19.8 Å². The second-order valence-corrected chi connectivity index (χ2v) is 6.67. The summed E-state index contributed by atoms with van der Waals surface area (Å²) >= 11 is 6.22. The van der Waals surface area contributed by atoms with Gasteiger partial charge in [0.05, 0.1) is 5.02 Å². The van der Waals surface area contributed by atoms with Crippen molar-refractivity contribution in [2.45, 2.75) is 38.1 Å². The summed E-state index contributed by atoms with van der Waals surface area (Å²) in [5, 5.41) is 3.57. The molecular weight excluding hydrogens is 316 g/mol. The van der Waals surface area contributed by atoms with Crippen LogP contribution in [0.15, 0.2) is 12.1 Å². The maximum absolute atomic E-state index is 12.2. The third-order valence-electron chi connectivity index (χ3n) is 4.46. The highest BCUT2D eigenvalue weighted by Gasteiger charge is 2.25. The number of nitrogens with two attached hydrogens (primary N) is 1. The molecule has 0 spiro atoms. The molecule has 1 fully saturated rings. The molecule has 23 heavy (non-hydrogen) atoms. The van der Waals surface area contributed by atoms with Crippen LogP contribution in [-0.4, -0.2) is 31.7 Å². The first kappa shape index (κ1) is 16.4. The summed E-state index contributed by atoms with van der Waals surface area (Å²) in [5.41, 5.74) is 6.97. The van der Waals surface area contributed by atoms with Crippen LogP contribution in [0.3, 0.4) is 0 Å². The first-order valence-electron chi connectivity index (χ1n) is 8.25. The van der Waals surface area contributed by atoms with Crippen LogP contribution in [0.5, 0.6) is 11.5 Å². The molecule has 1 aromatic carbocycles. The molecule has 1 aliphatic heterocycles. The molecule has 1 saturated carbocycles. The highest BCUT2D eigenvalue weighted by atomic mass is 35.5. The standard InChI is InChI=1S/C17H23ClN2O3/c18-14-8-11(9-15-16(14)23-7-6-22-15)4-5-20-17(21)12-2-1-3-13(19)10-12/h8-9,12-13H,1-7,10,19H2,(H,20,21). The van der Waals surface area contributed by atoms with Crippen molar-refractivity contribution in [3.63, 3.8) is 0 Å². The van der Waals surface area contributed by atoms with Crippen LogP contribution in [0.1, 0.15) is 31.2 Å². The number of carbonyl (C=O) groups is 1. The first-order chi connectivity index (χ1) is 11.1. The number of ether oxygens (including phenoxy) is 2. The molecular formula is C17H23ClN2O3. The number of rotatable bonds is 4.